The highest BCUT2D eigenvalue weighted by molar-refractivity contribution is 5.94. The molecular formula is C19H22N6O3. The van der Waals surface area contributed by atoms with Crippen molar-refractivity contribution in [3.63, 3.8) is 0 Å². The number of rotatable bonds is 10. The number of ether oxygens (including phenoxy) is 1. The Bertz CT molecular complexity index is 820. The molecule has 1 heterocycles. The van der Waals surface area contributed by atoms with Crippen molar-refractivity contribution in [3.8, 4) is 11.9 Å². The number of anilines is 1. The van der Waals surface area contributed by atoms with Crippen LogP contribution >= 0.6 is 0 Å². The molecule has 146 valence electrons. The predicted octanol–water partition coefficient (Wildman–Crippen LogP) is 3.47. The minimum absolute atomic E-state index is 0.0181. The minimum Gasteiger partial charge on any atom is -0.487 e. The van der Waals surface area contributed by atoms with E-state index in [-0.39, 0.29) is 5.69 Å². The molecule has 9 nitrogen and oxygen atoms in total. The number of hydrogen-bond donors (Lipinski definition) is 2. The monoisotopic (exact) mass is 382 g/mol. The molecule has 0 aliphatic heterocycles. The third-order valence-electron chi connectivity index (χ3n) is 3.74. The molecule has 2 N–H and O–H groups in total. The molecule has 0 amide bonds. The van der Waals surface area contributed by atoms with Gasteiger partial charge >= 0.3 is 5.69 Å². The number of nitrogens with zero attached hydrogens (tertiary/aromatic N) is 4. The molecule has 0 saturated carbocycles. The molecule has 2 rings (SSSR count). The number of nitriles is 1. The third-order valence-corrected chi connectivity index (χ3v) is 3.74. The molecule has 1 aromatic heterocycles. The van der Waals surface area contributed by atoms with Gasteiger partial charge < -0.3 is 10.1 Å². The molecule has 0 fully saturated rings. The van der Waals surface area contributed by atoms with Gasteiger partial charge in [-0.1, -0.05) is 18.6 Å². The topological polar surface area (TPSA) is 125 Å². The lowest BCUT2D eigenvalue weighted by molar-refractivity contribution is -0.385. The normalized spacial score (nSPS) is 10.8. The van der Waals surface area contributed by atoms with E-state index in [4.69, 9.17) is 10.00 Å². The van der Waals surface area contributed by atoms with E-state index < -0.39 is 4.92 Å². The Morgan fingerprint density at radius 2 is 2.04 bits per heavy atom. The van der Waals surface area contributed by atoms with E-state index in [0.717, 1.165) is 31.4 Å². The number of hydrogen-bond acceptors (Lipinski definition) is 6. The van der Waals surface area contributed by atoms with Crippen LogP contribution in [-0.4, -0.2) is 29.0 Å². The molecule has 9 heteroatoms. The fraction of sp³-hybridized carbons (Fsp3) is 0.316. The largest absolute Gasteiger partial charge is 0.487 e. The number of nitrogens with one attached hydrogen (secondary N) is 2. The highest BCUT2D eigenvalue weighted by Crippen LogP contribution is 2.25. The first-order valence-corrected chi connectivity index (χ1v) is 8.93. The first-order chi connectivity index (χ1) is 13.7. The van der Waals surface area contributed by atoms with Crippen molar-refractivity contribution in [2.45, 2.75) is 25.7 Å². The summed E-state index contributed by atoms with van der Waals surface area (Å²) < 4.78 is 5.51. The van der Waals surface area contributed by atoms with Gasteiger partial charge in [0.2, 0.25) is 5.96 Å². The fourth-order valence-corrected chi connectivity index (χ4v) is 2.41. The molecular weight excluding hydrogens is 360 g/mol. The number of aromatic nitrogens is 1. The van der Waals surface area contributed by atoms with Gasteiger partial charge in [-0.2, -0.15) is 5.26 Å². The van der Waals surface area contributed by atoms with Crippen molar-refractivity contribution >= 4 is 17.3 Å². The summed E-state index contributed by atoms with van der Waals surface area (Å²) in [5, 5.41) is 25.3. The second-order valence-electron chi connectivity index (χ2n) is 5.82. The number of aliphatic imine (C=N–C) groups is 1. The summed E-state index contributed by atoms with van der Waals surface area (Å²) in [7, 11) is 0. The van der Waals surface area contributed by atoms with Crippen molar-refractivity contribution in [2.75, 3.05) is 18.5 Å². The van der Waals surface area contributed by atoms with E-state index in [9.17, 15) is 10.1 Å². The van der Waals surface area contributed by atoms with Crippen LogP contribution in [0.3, 0.4) is 0 Å². The number of benzene rings is 1. The molecule has 0 aliphatic carbocycles. The van der Waals surface area contributed by atoms with E-state index >= 15 is 0 Å². The van der Waals surface area contributed by atoms with Gasteiger partial charge in [-0.15, -0.1) is 0 Å². The number of guanidine groups is 1. The highest BCUT2D eigenvalue weighted by Gasteiger charge is 2.12. The van der Waals surface area contributed by atoms with E-state index in [1.54, 1.807) is 36.7 Å². The highest BCUT2D eigenvalue weighted by atomic mass is 16.6. The molecule has 2 aromatic rings. The van der Waals surface area contributed by atoms with E-state index in [1.807, 2.05) is 12.3 Å². The lowest BCUT2D eigenvalue weighted by atomic mass is 10.2. The van der Waals surface area contributed by atoms with Crippen molar-refractivity contribution in [2.24, 2.45) is 4.99 Å². The summed E-state index contributed by atoms with van der Waals surface area (Å²) in [4.78, 5) is 18.8. The van der Waals surface area contributed by atoms with Crippen LogP contribution in [-0.2, 0) is 0 Å². The van der Waals surface area contributed by atoms with Gasteiger partial charge in [0, 0.05) is 18.8 Å². The van der Waals surface area contributed by atoms with Gasteiger partial charge in [-0.3, -0.25) is 25.4 Å². The quantitative estimate of drug-likeness (QED) is 0.123. The average Bonchev–Trinajstić information content (AvgIpc) is 2.71. The zero-order valence-corrected chi connectivity index (χ0v) is 15.4. The number of para-hydroxylation sites is 2. The van der Waals surface area contributed by atoms with Crippen LogP contribution in [0.2, 0.25) is 0 Å². The van der Waals surface area contributed by atoms with Gasteiger partial charge in [0.25, 0.3) is 0 Å². The summed E-state index contributed by atoms with van der Waals surface area (Å²) in [6.07, 6.45) is 8.69. The molecule has 0 aliphatic rings. The summed E-state index contributed by atoms with van der Waals surface area (Å²) in [6, 6.07) is 9.99. The minimum atomic E-state index is -0.445. The fourth-order valence-electron chi connectivity index (χ4n) is 2.41. The van der Waals surface area contributed by atoms with Crippen LogP contribution in [0.4, 0.5) is 11.4 Å². The summed E-state index contributed by atoms with van der Waals surface area (Å²) in [6.45, 7) is 1.00. The van der Waals surface area contributed by atoms with Crippen molar-refractivity contribution in [1.29, 1.82) is 5.26 Å². The summed E-state index contributed by atoms with van der Waals surface area (Å²) in [5.74, 6) is 0.681. The van der Waals surface area contributed by atoms with Crippen LogP contribution in [0.25, 0.3) is 0 Å². The molecule has 0 bridgehead atoms. The second kappa shape index (κ2) is 11.9. The molecule has 0 saturated heterocycles. The van der Waals surface area contributed by atoms with Gasteiger partial charge in [-0.05, 0) is 37.5 Å². The zero-order chi connectivity index (χ0) is 20.0. The number of nitro groups is 1. The molecule has 0 radical (unpaired) electrons. The number of unbranched alkanes of at least 4 members (excludes halogenated alkanes) is 3. The Hall–Kier alpha value is -3.67. The Kier molecular flexibility index (Phi) is 8.74. The van der Waals surface area contributed by atoms with Gasteiger partial charge in [-0.25, -0.2) is 0 Å². The number of nitro benzene ring substituents is 1. The maximum absolute atomic E-state index is 10.9. The average molecular weight is 382 g/mol. The maximum Gasteiger partial charge on any atom is 0.310 e. The SMILES string of the molecule is N#CNC(=NCCCCCCOc1ccccc1[N+](=O)[O-])Nc1cccnc1. The van der Waals surface area contributed by atoms with Crippen LogP contribution in [0.15, 0.2) is 53.8 Å². The summed E-state index contributed by atoms with van der Waals surface area (Å²) in [5.41, 5.74) is 0.728. The van der Waals surface area contributed by atoms with E-state index in [0.29, 0.717) is 24.9 Å². The van der Waals surface area contributed by atoms with Gasteiger partial charge in [0.05, 0.1) is 23.4 Å². The van der Waals surface area contributed by atoms with Gasteiger partial charge in [0.15, 0.2) is 11.9 Å². The van der Waals surface area contributed by atoms with Crippen LogP contribution in [0, 0.1) is 21.6 Å². The smallest absolute Gasteiger partial charge is 0.310 e. The lowest BCUT2D eigenvalue weighted by Crippen LogP contribution is -2.27. The Labute approximate surface area is 163 Å². The Balaban J connectivity index is 1.65. The Morgan fingerprint density at radius 1 is 1.21 bits per heavy atom. The molecule has 0 unspecified atom stereocenters. The molecule has 0 spiro atoms. The molecule has 28 heavy (non-hydrogen) atoms. The van der Waals surface area contributed by atoms with Gasteiger partial charge in [0.1, 0.15) is 0 Å². The first kappa shape index (κ1) is 20.6. The van der Waals surface area contributed by atoms with E-state index in [2.05, 4.69) is 20.6 Å². The standard InChI is InChI=1S/C19H22N6O3/c20-15-23-19(24-16-8-7-11-21-14-16)22-12-5-1-2-6-13-28-18-10-4-3-9-17(18)25(26)27/h3-4,7-11,14H,1-2,5-6,12-13H2,(H2,22,23,24). The number of pyridine rings is 1. The predicted molar refractivity (Wildman–Crippen MR) is 106 cm³/mol. The lowest BCUT2D eigenvalue weighted by Gasteiger charge is -2.08. The van der Waals surface area contributed by atoms with Crippen LogP contribution in [0.5, 0.6) is 5.75 Å². The zero-order valence-electron chi connectivity index (χ0n) is 15.4. The third kappa shape index (κ3) is 7.29. The summed E-state index contributed by atoms with van der Waals surface area (Å²) >= 11 is 0. The van der Waals surface area contributed by atoms with E-state index in [1.165, 1.54) is 6.07 Å². The van der Waals surface area contributed by atoms with Crippen molar-refractivity contribution in [3.05, 3.63) is 58.9 Å². The first-order valence-electron chi connectivity index (χ1n) is 8.93. The Morgan fingerprint density at radius 3 is 2.79 bits per heavy atom. The van der Waals surface area contributed by atoms with Crippen molar-refractivity contribution < 1.29 is 9.66 Å². The van der Waals surface area contributed by atoms with Crippen molar-refractivity contribution in [1.82, 2.24) is 10.3 Å². The molecule has 1 aromatic carbocycles. The van der Waals surface area contributed by atoms with Crippen LogP contribution in [0.1, 0.15) is 25.7 Å². The second-order valence-corrected chi connectivity index (χ2v) is 5.82. The van der Waals surface area contributed by atoms with Crippen LogP contribution < -0.4 is 15.4 Å². The molecule has 0 atom stereocenters. The maximum atomic E-state index is 10.9.